The Labute approximate surface area is 171 Å². The number of hydrogen-bond donors (Lipinski definition) is 1. The molecule has 1 aromatic heterocycles. The second kappa shape index (κ2) is 10.9. The third kappa shape index (κ3) is 6.41. The zero-order chi connectivity index (χ0) is 21.2. The molecule has 7 heteroatoms. The Morgan fingerprint density at radius 3 is 2.34 bits per heavy atom. The highest BCUT2D eigenvalue weighted by atomic mass is 16.5. The molecular weight excluding hydrogens is 370 g/mol. The van der Waals surface area contributed by atoms with Crippen LogP contribution >= 0.6 is 0 Å². The van der Waals surface area contributed by atoms with Crippen molar-refractivity contribution in [2.24, 2.45) is 0 Å². The Morgan fingerprint density at radius 2 is 1.72 bits per heavy atom. The van der Waals surface area contributed by atoms with Crippen molar-refractivity contribution >= 4 is 17.8 Å². The minimum atomic E-state index is -0.786. The predicted molar refractivity (Wildman–Crippen MR) is 109 cm³/mol. The van der Waals surface area contributed by atoms with Crippen LogP contribution in [0.25, 0.3) is 0 Å². The first-order valence-corrected chi connectivity index (χ1v) is 9.66. The van der Waals surface area contributed by atoms with E-state index in [0.717, 1.165) is 5.56 Å². The van der Waals surface area contributed by atoms with E-state index in [1.165, 1.54) is 17.3 Å². The molecule has 1 aromatic carbocycles. The Morgan fingerprint density at radius 1 is 1.07 bits per heavy atom. The monoisotopic (exact) mass is 397 g/mol. The lowest BCUT2D eigenvalue weighted by Gasteiger charge is -2.30. The summed E-state index contributed by atoms with van der Waals surface area (Å²) in [4.78, 5) is 43.0. The van der Waals surface area contributed by atoms with Gasteiger partial charge in [0, 0.05) is 24.5 Å². The van der Waals surface area contributed by atoms with Crippen molar-refractivity contribution in [1.82, 2.24) is 15.2 Å². The van der Waals surface area contributed by atoms with Crippen molar-refractivity contribution in [3.05, 3.63) is 66.0 Å². The summed E-state index contributed by atoms with van der Waals surface area (Å²) >= 11 is 0. The number of esters is 1. The average molecular weight is 397 g/mol. The van der Waals surface area contributed by atoms with Crippen LogP contribution in [0, 0.1) is 0 Å². The molecule has 1 N–H and O–H groups in total. The number of rotatable bonds is 9. The lowest BCUT2D eigenvalue weighted by atomic mass is 10.2. The summed E-state index contributed by atoms with van der Waals surface area (Å²) in [6.45, 7) is 5.69. The van der Waals surface area contributed by atoms with E-state index in [1.54, 1.807) is 26.0 Å². The van der Waals surface area contributed by atoms with Gasteiger partial charge in [-0.3, -0.25) is 14.6 Å². The van der Waals surface area contributed by atoms with Gasteiger partial charge < -0.3 is 15.0 Å². The molecule has 0 aliphatic rings. The molecule has 0 saturated heterocycles. The molecular formula is C22H27N3O4. The van der Waals surface area contributed by atoms with Crippen LogP contribution in [0.3, 0.4) is 0 Å². The number of pyridine rings is 1. The maximum Gasteiger partial charge on any atom is 0.328 e. The summed E-state index contributed by atoms with van der Waals surface area (Å²) in [5.41, 5.74) is 1.29. The number of nitrogens with one attached hydrogen (secondary N) is 1. The number of aromatic nitrogens is 1. The number of carbonyl (C=O) groups excluding carboxylic acids is 3. The van der Waals surface area contributed by atoms with Gasteiger partial charge in [-0.1, -0.05) is 37.3 Å². The summed E-state index contributed by atoms with van der Waals surface area (Å²) in [6, 6.07) is 10.9. The fourth-order valence-electron chi connectivity index (χ4n) is 2.81. The zero-order valence-electron chi connectivity index (χ0n) is 17.0. The number of nitrogens with zero attached hydrogens (tertiary/aromatic N) is 2. The lowest BCUT2D eigenvalue weighted by Crippen LogP contribution is -2.52. The van der Waals surface area contributed by atoms with Crippen molar-refractivity contribution in [2.75, 3.05) is 6.54 Å². The number of ether oxygens (including phenoxy) is 1. The minimum absolute atomic E-state index is 0.145. The van der Waals surface area contributed by atoms with Crippen molar-refractivity contribution in [1.29, 1.82) is 0 Å². The number of carbonyl (C=O) groups is 3. The van der Waals surface area contributed by atoms with E-state index in [2.05, 4.69) is 10.3 Å². The second-order valence-electron chi connectivity index (χ2n) is 6.73. The normalized spacial score (nSPS) is 12.5. The molecule has 0 aliphatic carbocycles. The minimum Gasteiger partial charge on any atom is -0.459 e. The zero-order valence-corrected chi connectivity index (χ0v) is 17.0. The van der Waals surface area contributed by atoms with Gasteiger partial charge in [0.2, 0.25) is 5.91 Å². The van der Waals surface area contributed by atoms with Crippen LogP contribution in [0.2, 0.25) is 0 Å². The Kier molecular flexibility index (Phi) is 8.33. The predicted octanol–water partition coefficient (Wildman–Crippen LogP) is 2.57. The summed E-state index contributed by atoms with van der Waals surface area (Å²) in [5.74, 6) is -1.19. The fraction of sp³-hybridized carbons (Fsp3) is 0.364. The largest absolute Gasteiger partial charge is 0.459 e. The highest BCUT2D eigenvalue weighted by Gasteiger charge is 2.30. The molecule has 0 radical (unpaired) electrons. The van der Waals surface area contributed by atoms with Crippen molar-refractivity contribution in [3.63, 3.8) is 0 Å². The number of hydrogen-bond acceptors (Lipinski definition) is 5. The highest BCUT2D eigenvalue weighted by Crippen LogP contribution is 2.09. The van der Waals surface area contributed by atoms with Gasteiger partial charge in [-0.25, -0.2) is 4.79 Å². The van der Waals surface area contributed by atoms with Gasteiger partial charge in [0.1, 0.15) is 18.7 Å². The van der Waals surface area contributed by atoms with E-state index in [-0.39, 0.29) is 18.4 Å². The molecule has 0 spiro atoms. The molecule has 1 heterocycles. The maximum absolute atomic E-state index is 12.9. The summed E-state index contributed by atoms with van der Waals surface area (Å²) in [5, 5.41) is 2.68. The Balaban J connectivity index is 1.99. The summed E-state index contributed by atoms with van der Waals surface area (Å²) in [7, 11) is 0. The van der Waals surface area contributed by atoms with Crippen LogP contribution in [0.1, 0.15) is 43.1 Å². The smallest absolute Gasteiger partial charge is 0.328 e. The molecule has 2 amide bonds. The average Bonchev–Trinajstić information content (AvgIpc) is 2.76. The molecule has 0 bridgehead atoms. The van der Waals surface area contributed by atoms with Crippen LogP contribution in [0.4, 0.5) is 0 Å². The molecule has 7 nitrogen and oxygen atoms in total. The van der Waals surface area contributed by atoms with Crippen molar-refractivity contribution < 1.29 is 19.1 Å². The van der Waals surface area contributed by atoms with Gasteiger partial charge in [-0.15, -0.1) is 0 Å². The highest BCUT2D eigenvalue weighted by molar-refractivity contribution is 5.97. The van der Waals surface area contributed by atoms with Gasteiger partial charge in [-0.2, -0.15) is 0 Å². The first kappa shape index (κ1) is 22.1. The topological polar surface area (TPSA) is 88.6 Å². The van der Waals surface area contributed by atoms with Crippen LogP contribution in [-0.2, 0) is 20.9 Å². The summed E-state index contributed by atoms with van der Waals surface area (Å²) in [6.07, 6.45) is 3.69. The molecule has 0 fully saturated rings. The standard InChI is InChI=1S/C22H27N3O4/c1-4-14-25(17(3)22(28)29-15-18-8-6-5-7-9-18)21(27)16(2)24-20(26)19-10-12-23-13-11-19/h5-13,16-17H,4,14-15H2,1-3H3,(H,24,26)/t16-,17+/m1/s1. The van der Waals surface area contributed by atoms with Crippen molar-refractivity contribution in [3.8, 4) is 0 Å². The first-order chi connectivity index (χ1) is 13.9. The molecule has 154 valence electrons. The fourth-order valence-corrected chi connectivity index (χ4v) is 2.81. The maximum atomic E-state index is 12.9. The van der Waals surface area contributed by atoms with Gasteiger partial charge in [0.25, 0.3) is 5.91 Å². The molecule has 2 atom stereocenters. The van der Waals surface area contributed by atoms with Gasteiger partial charge in [0.05, 0.1) is 0 Å². The summed E-state index contributed by atoms with van der Waals surface area (Å²) < 4.78 is 5.37. The van der Waals surface area contributed by atoms with Crippen LogP contribution in [-0.4, -0.2) is 46.3 Å². The number of amides is 2. The Hall–Kier alpha value is -3.22. The van der Waals surface area contributed by atoms with Gasteiger partial charge >= 0.3 is 5.97 Å². The SMILES string of the molecule is CCCN(C(=O)[C@@H](C)NC(=O)c1ccncc1)[C@@H](C)C(=O)OCc1ccccc1. The van der Waals surface area contributed by atoms with Crippen LogP contribution in [0.15, 0.2) is 54.9 Å². The molecule has 2 rings (SSSR count). The Bertz CT molecular complexity index is 811. The van der Waals surface area contributed by atoms with E-state index < -0.39 is 18.1 Å². The number of benzene rings is 1. The van der Waals surface area contributed by atoms with E-state index >= 15 is 0 Å². The van der Waals surface area contributed by atoms with E-state index in [1.807, 2.05) is 37.3 Å². The molecule has 29 heavy (non-hydrogen) atoms. The van der Waals surface area contributed by atoms with Gasteiger partial charge in [-0.05, 0) is 38.0 Å². The van der Waals surface area contributed by atoms with E-state index in [4.69, 9.17) is 4.74 Å². The van der Waals surface area contributed by atoms with Crippen LogP contribution in [0.5, 0.6) is 0 Å². The second-order valence-corrected chi connectivity index (χ2v) is 6.73. The van der Waals surface area contributed by atoms with E-state index in [0.29, 0.717) is 18.5 Å². The quantitative estimate of drug-likeness (QED) is 0.657. The lowest BCUT2D eigenvalue weighted by molar-refractivity contribution is -0.156. The third-order valence-electron chi connectivity index (χ3n) is 4.44. The first-order valence-electron chi connectivity index (χ1n) is 9.66. The molecule has 2 aromatic rings. The molecule has 0 saturated carbocycles. The van der Waals surface area contributed by atoms with E-state index in [9.17, 15) is 14.4 Å². The third-order valence-corrected chi connectivity index (χ3v) is 4.44. The van der Waals surface area contributed by atoms with Crippen molar-refractivity contribution in [2.45, 2.75) is 45.9 Å². The van der Waals surface area contributed by atoms with Crippen LogP contribution < -0.4 is 5.32 Å². The molecule has 0 unspecified atom stereocenters. The molecule has 0 aliphatic heterocycles. The van der Waals surface area contributed by atoms with Gasteiger partial charge in [0.15, 0.2) is 0 Å².